The monoisotopic (exact) mass is 435 g/mol. The Bertz CT molecular complexity index is 1050. The van der Waals surface area contributed by atoms with Gasteiger partial charge in [-0.1, -0.05) is 62.7 Å². The maximum Gasteiger partial charge on any atom is 0.190 e. The molecule has 0 unspecified atom stereocenters. The topological polar surface area (TPSA) is 29.8 Å². The molecule has 1 aromatic heterocycles. The Kier molecular flexibility index (Phi) is 6.75. The molecule has 0 amide bonds. The fraction of sp³-hybridized carbons (Fsp3) is 0.423. The molecule has 31 heavy (non-hydrogen) atoms. The van der Waals surface area contributed by atoms with E-state index >= 15 is 0 Å². The van der Waals surface area contributed by atoms with Crippen molar-refractivity contribution in [2.75, 3.05) is 32.8 Å². The van der Waals surface area contributed by atoms with E-state index in [1.165, 1.54) is 22.4 Å². The zero-order valence-corrected chi connectivity index (χ0v) is 19.9. The van der Waals surface area contributed by atoms with Crippen LogP contribution >= 0.6 is 11.3 Å². The Morgan fingerprint density at radius 3 is 2.26 bits per heavy atom. The average molecular weight is 436 g/mol. The van der Waals surface area contributed by atoms with Crippen molar-refractivity contribution in [3.8, 4) is 11.3 Å². The molecule has 4 rings (SSSR count). The molecular weight excluding hydrogens is 402 g/mol. The molecule has 0 spiro atoms. The summed E-state index contributed by atoms with van der Waals surface area (Å²) < 4.78 is 7.90. The molecule has 0 saturated carbocycles. The van der Waals surface area contributed by atoms with E-state index in [0.717, 1.165) is 49.9 Å². The minimum absolute atomic E-state index is 0.158. The predicted octanol–water partition coefficient (Wildman–Crippen LogP) is 5.39. The summed E-state index contributed by atoms with van der Waals surface area (Å²) in [5.74, 6) is 0. The van der Waals surface area contributed by atoms with Gasteiger partial charge in [0.05, 0.1) is 24.6 Å². The van der Waals surface area contributed by atoms with Crippen molar-refractivity contribution in [2.24, 2.45) is 4.99 Å². The number of nitrogens with zero attached hydrogens (tertiary/aromatic N) is 3. The van der Waals surface area contributed by atoms with Crippen LogP contribution in [0.25, 0.3) is 11.3 Å². The second-order valence-electron chi connectivity index (χ2n) is 9.28. The maximum absolute atomic E-state index is 5.52. The fourth-order valence-electron chi connectivity index (χ4n) is 3.80. The Morgan fingerprint density at radius 2 is 1.61 bits per heavy atom. The van der Waals surface area contributed by atoms with E-state index in [4.69, 9.17) is 9.73 Å². The Labute approximate surface area is 189 Å². The molecule has 0 bridgehead atoms. The van der Waals surface area contributed by atoms with Crippen molar-refractivity contribution in [1.82, 2.24) is 9.47 Å². The minimum Gasteiger partial charge on any atom is -0.379 e. The first-order valence-electron chi connectivity index (χ1n) is 11.1. The summed E-state index contributed by atoms with van der Waals surface area (Å²) in [7, 11) is 0. The Balaban J connectivity index is 1.68. The molecule has 4 nitrogen and oxygen atoms in total. The number of hydrogen-bond acceptors (Lipinski definition) is 4. The molecule has 1 aliphatic rings. The van der Waals surface area contributed by atoms with E-state index in [1.54, 1.807) is 11.3 Å². The lowest BCUT2D eigenvalue weighted by atomic mass is 9.86. The van der Waals surface area contributed by atoms with E-state index in [-0.39, 0.29) is 5.41 Å². The summed E-state index contributed by atoms with van der Waals surface area (Å²) in [5.41, 5.74) is 6.26. The van der Waals surface area contributed by atoms with Crippen LogP contribution in [-0.2, 0) is 16.7 Å². The van der Waals surface area contributed by atoms with Gasteiger partial charge in [0.2, 0.25) is 0 Å². The highest BCUT2D eigenvalue weighted by molar-refractivity contribution is 7.07. The second-order valence-corrected chi connectivity index (χ2v) is 10.1. The molecule has 1 aliphatic heterocycles. The summed E-state index contributed by atoms with van der Waals surface area (Å²) in [6.07, 6.45) is 0. The number of benzene rings is 2. The summed E-state index contributed by atoms with van der Waals surface area (Å²) >= 11 is 1.72. The SMILES string of the molecule is Cc1ccc(N=c2scc(-c3ccc(C(C)(C)C)cc3)n2CCN2CCOCC2)cc1. The number of aryl methyl sites for hydroxylation is 1. The van der Waals surface area contributed by atoms with Gasteiger partial charge in [-0.15, -0.1) is 11.3 Å². The lowest BCUT2D eigenvalue weighted by molar-refractivity contribution is 0.0363. The van der Waals surface area contributed by atoms with Crippen LogP contribution in [0, 0.1) is 6.92 Å². The van der Waals surface area contributed by atoms with Crippen molar-refractivity contribution < 1.29 is 4.74 Å². The van der Waals surface area contributed by atoms with Gasteiger partial charge in [0.15, 0.2) is 4.80 Å². The fourth-order valence-corrected chi connectivity index (χ4v) is 4.76. The van der Waals surface area contributed by atoms with E-state index in [1.807, 2.05) is 0 Å². The predicted molar refractivity (Wildman–Crippen MR) is 130 cm³/mol. The van der Waals surface area contributed by atoms with Crippen LogP contribution in [0.5, 0.6) is 0 Å². The number of hydrogen-bond donors (Lipinski definition) is 0. The van der Waals surface area contributed by atoms with Gasteiger partial charge >= 0.3 is 0 Å². The minimum atomic E-state index is 0.158. The van der Waals surface area contributed by atoms with Crippen molar-refractivity contribution in [3.63, 3.8) is 0 Å². The van der Waals surface area contributed by atoms with Crippen LogP contribution in [0.2, 0.25) is 0 Å². The Morgan fingerprint density at radius 1 is 0.935 bits per heavy atom. The first-order valence-corrected chi connectivity index (χ1v) is 12.0. The van der Waals surface area contributed by atoms with Gasteiger partial charge in [-0.3, -0.25) is 4.90 Å². The van der Waals surface area contributed by atoms with Crippen LogP contribution in [-0.4, -0.2) is 42.3 Å². The third-order valence-electron chi connectivity index (χ3n) is 5.85. The van der Waals surface area contributed by atoms with Crippen LogP contribution in [0.1, 0.15) is 31.9 Å². The summed E-state index contributed by atoms with van der Waals surface area (Å²) in [5, 5.41) is 2.25. The van der Waals surface area contributed by atoms with Crippen LogP contribution < -0.4 is 4.80 Å². The van der Waals surface area contributed by atoms with E-state index in [2.05, 4.69) is 91.1 Å². The van der Waals surface area contributed by atoms with Gasteiger partial charge in [0.1, 0.15) is 0 Å². The molecule has 3 aromatic rings. The standard InChI is InChI=1S/C26H33N3OS/c1-20-5-11-23(12-6-20)27-25-29(14-13-28-15-17-30-18-16-28)24(19-31-25)21-7-9-22(10-8-21)26(2,3)4/h5-12,19H,13-18H2,1-4H3. The number of thiazole rings is 1. The first kappa shape index (κ1) is 22.0. The van der Waals surface area contributed by atoms with E-state index < -0.39 is 0 Å². The van der Waals surface area contributed by atoms with E-state index in [9.17, 15) is 0 Å². The van der Waals surface area contributed by atoms with Gasteiger partial charge < -0.3 is 9.30 Å². The molecule has 2 aromatic carbocycles. The highest BCUT2D eigenvalue weighted by Gasteiger charge is 2.16. The van der Waals surface area contributed by atoms with Crippen molar-refractivity contribution in [2.45, 2.75) is 39.7 Å². The second kappa shape index (κ2) is 9.51. The van der Waals surface area contributed by atoms with E-state index in [0.29, 0.717) is 0 Å². The average Bonchev–Trinajstić information content (AvgIpc) is 3.16. The van der Waals surface area contributed by atoms with Crippen molar-refractivity contribution in [3.05, 3.63) is 69.8 Å². The number of morpholine rings is 1. The number of aromatic nitrogens is 1. The zero-order valence-electron chi connectivity index (χ0n) is 19.1. The first-order chi connectivity index (χ1) is 14.9. The molecule has 0 atom stereocenters. The summed E-state index contributed by atoms with van der Waals surface area (Å²) in [6.45, 7) is 14.5. The Hall–Kier alpha value is -2.21. The van der Waals surface area contributed by atoms with Gasteiger partial charge in [0.25, 0.3) is 0 Å². The molecule has 2 heterocycles. The highest BCUT2D eigenvalue weighted by atomic mass is 32.1. The molecular formula is C26H33N3OS. The largest absolute Gasteiger partial charge is 0.379 e. The molecule has 0 aliphatic carbocycles. The van der Waals surface area contributed by atoms with Gasteiger partial charge in [-0.2, -0.15) is 0 Å². The van der Waals surface area contributed by atoms with Crippen molar-refractivity contribution in [1.29, 1.82) is 0 Å². The third-order valence-corrected chi connectivity index (χ3v) is 6.71. The summed E-state index contributed by atoms with van der Waals surface area (Å²) in [6, 6.07) is 17.5. The normalized spacial score (nSPS) is 16.1. The van der Waals surface area contributed by atoms with Gasteiger partial charge in [-0.05, 0) is 35.6 Å². The van der Waals surface area contributed by atoms with Gasteiger partial charge in [-0.25, -0.2) is 4.99 Å². The molecule has 5 heteroatoms. The number of rotatable bonds is 5. The third kappa shape index (κ3) is 5.53. The molecule has 164 valence electrons. The van der Waals surface area contributed by atoms with Gasteiger partial charge in [0, 0.05) is 31.6 Å². The maximum atomic E-state index is 5.52. The molecule has 1 fully saturated rings. The molecule has 0 N–H and O–H groups in total. The zero-order chi connectivity index (χ0) is 21.8. The molecule has 0 radical (unpaired) electrons. The molecule has 1 saturated heterocycles. The van der Waals surface area contributed by atoms with Crippen LogP contribution in [0.3, 0.4) is 0 Å². The summed E-state index contributed by atoms with van der Waals surface area (Å²) in [4.78, 5) is 8.52. The smallest absolute Gasteiger partial charge is 0.190 e. The lowest BCUT2D eigenvalue weighted by Gasteiger charge is -2.27. The van der Waals surface area contributed by atoms with Crippen molar-refractivity contribution >= 4 is 17.0 Å². The van der Waals surface area contributed by atoms with Crippen LogP contribution in [0.4, 0.5) is 5.69 Å². The van der Waals surface area contributed by atoms with Crippen LogP contribution in [0.15, 0.2) is 58.9 Å². The highest BCUT2D eigenvalue weighted by Crippen LogP contribution is 2.27. The quantitative estimate of drug-likeness (QED) is 0.538. The number of ether oxygens (including phenoxy) is 1. The lowest BCUT2D eigenvalue weighted by Crippen LogP contribution is -2.39.